The van der Waals surface area contributed by atoms with Crippen LogP contribution in [0.3, 0.4) is 0 Å². The Balaban J connectivity index is 2.11. The number of hydrogen-bond acceptors (Lipinski definition) is 3. The van der Waals surface area contributed by atoms with Crippen molar-refractivity contribution in [2.75, 3.05) is 6.54 Å². The van der Waals surface area contributed by atoms with Crippen LogP contribution in [-0.2, 0) is 6.54 Å². The zero-order valence-corrected chi connectivity index (χ0v) is 10.4. The second-order valence-corrected chi connectivity index (χ2v) is 4.79. The molecule has 1 aromatic carbocycles. The van der Waals surface area contributed by atoms with E-state index in [0.717, 1.165) is 12.1 Å². The highest BCUT2D eigenvalue weighted by atomic mass is 19.4. The highest BCUT2D eigenvalue weighted by Crippen LogP contribution is 2.31. The molecule has 1 aliphatic rings. The van der Waals surface area contributed by atoms with Crippen LogP contribution >= 0.6 is 0 Å². The minimum absolute atomic E-state index is 0.0703. The second kappa shape index (κ2) is 5.35. The van der Waals surface area contributed by atoms with Crippen LogP contribution in [-0.4, -0.2) is 28.6 Å². The maximum Gasteiger partial charge on any atom is 0.401 e. The van der Waals surface area contributed by atoms with Crippen LogP contribution in [0, 0.1) is 15.9 Å². The molecule has 4 nitrogen and oxygen atoms in total. The first-order valence-electron chi connectivity index (χ1n) is 6.00. The van der Waals surface area contributed by atoms with Crippen LogP contribution < -0.4 is 0 Å². The van der Waals surface area contributed by atoms with E-state index in [2.05, 4.69) is 0 Å². The molecule has 0 spiro atoms. The molecule has 8 heteroatoms. The van der Waals surface area contributed by atoms with E-state index in [4.69, 9.17) is 0 Å². The molecule has 1 aromatic rings. The normalized spacial score (nSPS) is 15.7. The minimum Gasteiger partial charge on any atom is -0.288 e. The van der Waals surface area contributed by atoms with E-state index < -0.39 is 29.1 Å². The minimum atomic E-state index is -4.32. The van der Waals surface area contributed by atoms with Crippen molar-refractivity contribution in [3.05, 3.63) is 39.7 Å². The van der Waals surface area contributed by atoms with Gasteiger partial charge >= 0.3 is 11.9 Å². The first-order valence-corrected chi connectivity index (χ1v) is 6.00. The van der Waals surface area contributed by atoms with Crippen LogP contribution in [0.25, 0.3) is 0 Å². The molecule has 0 amide bonds. The highest BCUT2D eigenvalue weighted by molar-refractivity contribution is 5.35. The topological polar surface area (TPSA) is 46.4 Å². The Morgan fingerprint density at radius 1 is 1.35 bits per heavy atom. The van der Waals surface area contributed by atoms with Crippen molar-refractivity contribution in [3.8, 4) is 0 Å². The van der Waals surface area contributed by atoms with E-state index in [9.17, 15) is 27.7 Å². The molecule has 1 fully saturated rings. The molecule has 1 aliphatic carbocycles. The molecule has 2 rings (SSSR count). The van der Waals surface area contributed by atoms with E-state index in [1.165, 1.54) is 11.0 Å². The summed E-state index contributed by atoms with van der Waals surface area (Å²) < 4.78 is 50.7. The molecule has 0 heterocycles. The number of nitro groups is 1. The number of nitrogens with zero attached hydrogens (tertiary/aromatic N) is 2. The summed E-state index contributed by atoms with van der Waals surface area (Å²) in [6, 6.07) is 3.04. The lowest BCUT2D eigenvalue weighted by Gasteiger charge is -2.23. The van der Waals surface area contributed by atoms with E-state index in [1.807, 2.05) is 0 Å². The largest absolute Gasteiger partial charge is 0.401 e. The van der Waals surface area contributed by atoms with E-state index in [1.54, 1.807) is 0 Å². The molecule has 1 saturated carbocycles. The number of rotatable bonds is 5. The number of nitro benzene ring substituents is 1. The van der Waals surface area contributed by atoms with Gasteiger partial charge in [-0.1, -0.05) is 6.07 Å². The fourth-order valence-electron chi connectivity index (χ4n) is 2.02. The standard InChI is InChI=1S/C12H12F4N2O2/c13-10-5-8(1-4-11(10)18(19)20)6-17(9-2-3-9)7-12(14,15)16/h1,4-5,9H,2-3,6-7H2. The highest BCUT2D eigenvalue weighted by Gasteiger charge is 2.38. The van der Waals surface area contributed by atoms with Crippen molar-refractivity contribution in [1.29, 1.82) is 0 Å². The van der Waals surface area contributed by atoms with Gasteiger partial charge in [0, 0.05) is 18.7 Å². The van der Waals surface area contributed by atoms with Gasteiger partial charge in [0.1, 0.15) is 0 Å². The van der Waals surface area contributed by atoms with Gasteiger partial charge in [-0.3, -0.25) is 15.0 Å². The summed E-state index contributed by atoms with van der Waals surface area (Å²) in [6.45, 7) is -1.13. The molecule has 0 unspecified atom stereocenters. The Bertz CT molecular complexity index is 515. The second-order valence-electron chi connectivity index (χ2n) is 4.79. The molecule has 0 saturated heterocycles. The molecule has 20 heavy (non-hydrogen) atoms. The monoisotopic (exact) mass is 292 g/mol. The van der Waals surface area contributed by atoms with Crippen LogP contribution in [0.5, 0.6) is 0 Å². The average molecular weight is 292 g/mol. The lowest BCUT2D eigenvalue weighted by atomic mass is 10.2. The first kappa shape index (κ1) is 14.7. The Labute approximate surface area is 112 Å². The van der Waals surface area contributed by atoms with Crippen LogP contribution in [0.2, 0.25) is 0 Å². The third-order valence-electron chi connectivity index (χ3n) is 3.04. The lowest BCUT2D eigenvalue weighted by molar-refractivity contribution is -0.387. The van der Waals surface area contributed by atoms with Gasteiger partial charge in [0.15, 0.2) is 0 Å². The summed E-state index contributed by atoms with van der Waals surface area (Å²) >= 11 is 0. The Morgan fingerprint density at radius 3 is 2.45 bits per heavy atom. The maximum absolute atomic E-state index is 13.4. The SMILES string of the molecule is O=[N+]([O-])c1ccc(CN(CC(F)(F)F)C2CC2)cc1F. The lowest BCUT2D eigenvalue weighted by Crippen LogP contribution is -2.35. The van der Waals surface area contributed by atoms with Crippen LogP contribution in [0.15, 0.2) is 18.2 Å². The summed E-state index contributed by atoms with van der Waals surface area (Å²) in [5, 5.41) is 10.5. The van der Waals surface area contributed by atoms with Gasteiger partial charge in [0.2, 0.25) is 5.82 Å². The number of alkyl halides is 3. The van der Waals surface area contributed by atoms with E-state index >= 15 is 0 Å². The van der Waals surface area contributed by atoms with Crippen molar-refractivity contribution in [1.82, 2.24) is 4.90 Å². The molecule has 0 atom stereocenters. The third kappa shape index (κ3) is 3.89. The summed E-state index contributed by atoms with van der Waals surface area (Å²) in [7, 11) is 0. The number of hydrogen-bond donors (Lipinski definition) is 0. The number of benzene rings is 1. The van der Waals surface area contributed by atoms with Gasteiger partial charge in [-0.25, -0.2) is 0 Å². The predicted molar refractivity (Wildman–Crippen MR) is 62.5 cm³/mol. The Hall–Kier alpha value is -1.70. The molecule has 110 valence electrons. The van der Waals surface area contributed by atoms with Crippen molar-refractivity contribution in [2.24, 2.45) is 0 Å². The third-order valence-corrected chi connectivity index (χ3v) is 3.04. The number of halogens is 4. The molecule has 0 radical (unpaired) electrons. The molecule has 0 aromatic heterocycles. The van der Waals surface area contributed by atoms with Crippen molar-refractivity contribution < 1.29 is 22.5 Å². The maximum atomic E-state index is 13.4. The Kier molecular flexibility index (Phi) is 3.94. The van der Waals surface area contributed by atoms with Gasteiger partial charge in [-0.15, -0.1) is 0 Å². The van der Waals surface area contributed by atoms with Crippen LogP contribution in [0.4, 0.5) is 23.2 Å². The quantitative estimate of drug-likeness (QED) is 0.475. The summed E-state index contributed by atoms with van der Waals surface area (Å²) in [5.41, 5.74) is -0.383. The van der Waals surface area contributed by atoms with Gasteiger partial charge in [0.25, 0.3) is 0 Å². The van der Waals surface area contributed by atoms with Crippen molar-refractivity contribution in [3.63, 3.8) is 0 Å². The zero-order valence-electron chi connectivity index (χ0n) is 10.4. The summed E-state index contributed by atoms with van der Waals surface area (Å²) in [5.74, 6) is -1.03. The summed E-state index contributed by atoms with van der Waals surface area (Å²) in [6.07, 6.45) is -2.95. The molecular formula is C12H12F4N2O2. The van der Waals surface area contributed by atoms with Crippen molar-refractivity contribution in [2.45, 2.75) is 31.6 Å². The zero-order chi connectivity index (χ0) is 14.9. The fraction of sp³-hybridized carbons (Fsp3) is 0.500. The average Bonchev–Trinajstić information content (AvgIpc) is 3.09. The van der Waals surface area contributed by atoms with Crippen molar-refractivity contribution >= 4 is 5.69 Å². The smallest absolute Gasteiger partial charge is 0.288 e. The van der Waals surface area contributed by atoms with Gasteiger partial charge in [-0.05, 0) is 24.5 Å². The van der Waals surface area contributed by atoms with E-state index in [-0.39, 0.29) is 12.6 Å². The predicted octanol–water partition coefficient (Wildman–Crippen LogP) is 3.26. The van der Waals surface area contributed by atoms with Crippen LogP contribution in [0.1, 0.15) is 18.4 Å². The van der Waals surface area contributed by atoms with E-state index in [0.29, 0.717) is 18.4 Å². The molecule has 0 aliphatic heterocycles. The van der Waals surface area contributed by atoms with Gasteiger partial charge in [0.05, 0.1) is 11.5 Å². The van der Waals surface area contributed by atoms with Gasteiger partial charge in [-0.2, -0.15) is 17.6 Å². The molecule has 0 N–H and O–H groups in total. The molecular weight excluding hydrogens is 280 g/mol. The molecule has 0 bridgehead atoms. The Morgan fingerprint density at radius 2 is 2.00 bits per heavy atom. The van der Waals surface area contributed by atoms with Gasteiger partial charge < -0.3 is 0 Å². The first-order chi connectivity index (χ1) is 9.26. The summed E-state index contributed by atoms with van der Waals surface area (Å²) in [4.78, 5) is 10.8. The fourth-order valence-corrected chi connectivity index (χ4v) is 2.02.